The quantitative estimate of drug-likeness (QED) is 0.289. The molecule has 0 heteroatoms. The van der Waals surface area contributed by atoms with Crippen molar-refractivity contribution in [1.29, 1.82) is 0 Å². The number of hydrogen-bond acceptors (Lipinski definition) is 0. The second-order valence-electron chi connectivity index (χ2n) is 6.22. The molecule has 0 bridgehead atoms. The fourth-order valence-corrected chi connectivity index (χ4v) is 2.68. The van der Waals surface area contributed by atoms with E-state index in [1.165, 1.54) is 89.9 Å². The fraction of sp³-hybridized carbons (Fsp3) is 1.00. The van der Waals surface area contributed by atoms with Crippen LogP contribution in [0.3, 0.4) is 0 Å². The molecule has 0 unspecified atom stereocenters. The Labute approximate surface area is 117 Å². The van der Waals surface area contributed by atoms with Crippen molar-refractivity contribution in [3.63, 3.8) is 0 Å². The second kappa shape index (κ2) is 15.1. The van der Waals surface area contributed by atoms with Crippen LogP contribution < -0.4 is 0 Å². The van der Waals surface area contributed by atoms with Gasteiger partial charge in [-0.3, -0.25) is 0 Å². The van der Waals surface area contributed by atoms with E-state index in [0.717, 1.165) is 5.92 Å². The summed E-state index contributed by atoms with van der Waals surface area (Å²) in [6, 6.07) is 0. The number of unbranched alkanes of at least 4 members (excludes halogenated alkanes) is 10. The van der Waals surface area contributed by atoms with Gasteiger partial charge in [0.25, 0.3) is 0 Å². The maximum Gasteiger partial charge on any atom is -0.0443 e. The molecule has 0 aliphatic rings. The van der Waals surface area contributed by atoms with Crippen molar-refractivity contribution in [2.45, 2.75) is 111 Å². The van der Waals surface area contributed by atoms with Gasteiger partial charge in [0, 0.05) is 0 Å². The predicted octanol–water partition coefficient (Wildman–Crippen LogP) is 7.12. The van der Waals surface area contributed by atoms with Gasteiger partial charge in [-0.25, -0.2) is 0 Å². The van der Waals surface area contributed by atoms with Crippen LogP contribution in [0.15, 0.2) is 0 Å². The van der Waals surface area contributed by atoms with Crippen molar-refractivity contribution in [3.8, 4) is 0 Å². The summed E-state index contributed by atoms with van der Waals surface area (Å²) in [5.41, 5.74) is 0. The Morgan fingerprint density at radius 3 is 1.39 bits per heavy atom. The van der Waals surface area contributed by atoms with E-state index in [2.05, 4.69) is 20.8 Å². The Morgan fingerprint density at radius 1 is 0.500 bits per heavy atom. The van der Waals surface area contributed by atoms with Crippen LogP contribution in [0.2, 0.25) is 0 Å². The van der Waals surface area contributed by atoms with Gasteiger partial charge in [0.15, 0.2) is 0 Å². The molecule has 0 aromatic heterocycles. The van der Waals surface area contributed by atoms with Crippen LogP contribution in [-0.4, -0.2) is 0 Å². The maximum absolute atomic E-state index is 2.43. The Morgan fingerprint density at radius 2 is 0.889 bits per heavy atom. The minimum absolute atomic E-state index is 0.971. The standard InChI is InChI=1S/C18H38/c1-4-6-8-9-10-11-12-13-14-15-17-18(3)16-7-5-2/h18H,4-17H2,1-3H3/t18-/m1/s1. The molecule has 0 amide bonds. The molecule has 0 aliphatic heterocycles. The number of rotatable bonds is 14. The van der Waals surface area contributed by atoms with E-state index in [1.54, 1.807) is 0 Å². The predicted molar refractivity (Wildman–Crippen MR) is 85.2 cm³/mol. The van der Waals surface area contributed by atoms with Crippen molar-refractivity contribution >= 4 is 0 Å². The molecule has 0 N–H and O–H groups in total. The monoisotopic (exact) mass is 254 g/mol. The minimum Gasteiger partial charge on any atom is -0.0654 e. The van der Waals surface area contributed by atoms with E-state index in [1.807, 2.05) is 0 Å². The third-order valence-corrected chi connectivity index (χ3v) is 4.10. The maximum atomic E-state index is 2.43. The first-order chi connectivity index (χ1) is 8.81. The van der Waals surface area contributed by atoms with E-state index >= 15 is 0 Å². The lowest BCUT2D eigenvalue weighted by Gasteiger charge is -2.10. The van der Waals surface area contributed by atoms with Gasteiger partial charge in [-0.05, 0) is 5.92 Å². The van der Waals surface area contributed by atoms with Gasteiger partial charge in [-0.1, -0.05) is 111 Å². The van der Waals surface area contributed by atoms with Gasteiger partial charge in [-0.15, -0.1) is 0 Å². The van der Waals surface area contributed by atoms with Crippen LogP contribution in [0.25, 0.3) is 0 Å². The molecule has 0 radical (unpaired) electrons. The lowest BCUT2D eigenvalue weighted by molar-refractivity contribution is 0.440. The number of hydrogen-bond donors (Lipinski definition) is 0. The van der Waals surface area contributed by atoms with Gasteiger partial charge >= 0.3 is 0 Å². The molecular weight excluding hydrogens is 216 g/mol. The van der Waals surface area contributed by atoms with Crippen LogP contribution in [0.4, 0.5) is 0 Å². The van der Waals surface area contributed by atoms with Gasteiger partial charge in [0.1, 0.15) is 0 Å². The molecular formula is C18H38. The summed E-state index contributed by atoms with van der Waals surface area (Å²) in [5.74, 6) is 0.971. The van der Waals surface area contributed by atoms with E-state index in [9.17, 15) is 0 Å². The summed E-state index contributed by atoms with van der Waals surface area (Å²) in [7, 11) is 0. The zero-order valence-electron chi connectivity index (χ0n) is 13.5. The third-order valence-electron chi connectivity index (χ3n) is 4.10. The molecule has 0 nitrogen and oxygen atoms in total. The molecule has 0 heterocycles. The van der Waals surface area contributed by atoms with Gasteiger partial charge < -0.3 is 0 Å². The zero-order valence-corrected chi connectivity index (χ0v) is 13.5. The van der Waals surface area contributed by atoms with Crippen LogP contribution in [-0.2, 0) is 0 Å². The molecule has 0 saturated heterocycles. The first kappa shape index (κ1) is 18.0. The molecule has 0 fully saturated rings. The van der Waals surface area contributed by atoms with Crippen molar-refractivity contribution in [3.05, 3.63) is 0 Å². The van der Waals surface area contributed by atoms with Gasteiger partial charge in [0.05, 0.1) is 0 Å². The molecule has 0 spiro atoms. The smallest absolute Gasteiger partial charge is 0.0443 e. The summed E-state index contributed by atoms with van der Waals surface area (Å²) in [6.07, 6.45) is 20.3. The summed E-state index contributed by atoms with van der Waals surface area (Å²) < 4.78 is 0. The Kier molecular flexibility index (Phi) is 15.1. The van der Waals surface area contributed by atoms with Crippen molar-refractivity contribution in [2.24, 2.45) is 5.92 Å². The summed E-state index contributed by atoms with van der Waals surface area (Å²) in [5, 5.41) is 0. The zero-order chi connectivity index (χ0) is 13.5. The second-order valence-corrected chi connectivity index (χ2v) is 6.22. The normalized spacial score (nSPS) is 12.8. The Hall–Kier alpha value is 0. The SMILES string of the molecule is CCCCCCCCCCCC[C@H](C)CCCC. The first-order valence-electron chi connectivity index (χ1n) is 8.81. The van der Waals surface area contributed by atoms with Crippen molar-refractivity contribution in [2.75, 3.05) is 0 Å². The van der Waals surface area contributed by atoms with Gasteiger partial charge in [-0.2, -0.15) is 0 Å². The summed E-state index contributed by atoms with van der Waals surface area (Å²) >= 11 is 0. The van der Waals surface area contributed by atoms with Crippen LogP contribution in [0, 0.1) is 5.92 Å². The van der Waals surface area contributed by atoms with E-state index in [0.29, 0.717) is 0 Å². The molecule has 0 aliphatic carbocycles. The highest BCUT2D eigenvalue weighted by Gasteiger charge is 2.00. The van der Waals surface area contributed by atoms with Gasteiger partial charge in [0.2, 0.25) is 0 Å². The van der Waals surface area contributed by atoms with Crippen molar-refractivity contribution in [1.82, 2.24) is 0 Å². The van der Waals surface area contributed by atoms with Crippen molar-refractivity contribution < 1.29 is 0 Å². The molecule has 0 aromatic carbocycles. The van der Waals surface area contributed by atoms with E-state index < -0.39 is 0 Å². The molecule has 1 atom stereocenters. The molecule has 110 valence electrons. The molecule has 0 aromatic rings. The lowest BCUT2D eigenvalue weighted by atomic mass is 9.97. The average molecular weight is 255 g/mol. The molecule has 0 saturated carbocycles. The van der Waals surface area contributed by atoms with Crippen LogP contribution in [0.1, 0.15) is 111 Å². The van der Waals surface area contributed by atoms with Crippen LogP contribution in [0.5, 0.6) is 0 Å². The largest absolute Gasteiger partial charge is 0.0654 e. The highest BCUT2D eigenvalue weighted by molar-refractivity contribution is 4.54. The first-order valence-corrected chi connectivity index (χ1v) is 8.81. The Bertz CT molecular complexity index is 139. The minimum atomic E-state index is 0.971. The molecule has 18 heavy (non-hydrogen) atoms. The summed E-state index contributed by atoms with van der Waals surface area (Å²) in [4.78, 5) is 0. The Balaban J connectivity index is 3.02. The van der Waals surface area contributed by atoms with Crippen LogP contribution >= 0.6 is 0 Å². The molecule has 0 rings (SSSR count). The topological polar surface area (TPSA) is 0 Å². The highest BCUT2D eigenvalue weighted by atomic mass is 14.1. The van der Waals surface area contributed by atoms with E-state index in [-0.39, 0.29) is 0 Å². The lowest BCUT2D eigenvalue weighted by Crippen LogP contribution is -1.94. The summed E-state index contributed by atoms with van der Waals surface area (Å²) in [6.45, 7) is 7.03. The highest BCUT2D eigenvalue weighted by Crippen LogP contribution is 2.17. The third kappa shape index (κ3) is 14.1. The van der Waals surface area contributed by atoms with E-state index in [4.69, 9.17) is 0 Å². The average Bonchev–Trinajstić information content (AvgIpc) is 2.38. The fourth-order valence-electron chi connectivity index (χ4n) is 2.68.